The Bertz CT molecular complexity index is 378. The molecule has 0 aliphatic carbocycles. The second-order valence-electron chi connectivity index (χ2n) is 3.20. The molecule has 1 amide bonds. The van der Waals surface area contributed by atoms with Crippen molar-refractivity contribution < 1.29 is 9.53 Å². The van der Waals surface area contributed by atoms with E-state index in [1.807, 2.05) is 0 Å². The first-order chi connectivity index (χ1) is 8.06. The van der Waals surface area contributed by atoms with Crippen LogP contribution in [0.1, 0.15) is 17.9 Å². The summed E-state index contributed by atoms with van der Waals surface area (Å²) in [5.74, 6) is 0. The smallest absolute Gasteiger partial charge is 0.407 e. The SMILES string of the molecule is CCOC(=O)NCC(Cl)c1c(Cl)cccc1Cl. The summed E-state index contributed by atoms with van der Waals surface area (Å²) in [7, 11) is 0. The van der Waals surface area contributed by atoms with Crippen molar-refractivity contribution >= 4 is 40.9 Å². The molecule has 6 heteroatoms. The van der Waals surface area contributed by atoms with E-state index >= 15 is 0 Å². The van der Waals surface area contributed by atoms with Crippen LogP contribution in [-0.4, -0.2) is 19.2 Å². The first kappa shape index (κ1) is 14.4. The highest BCUT2D eigenvalue weighted by molar-refractivity contribution is 6.37. The molecule has 0 fully saturated rings. The largest absolute Gasteiger partial charge is 0.450 e. The molecule has 94 valence electrons. The Labute approximate surface area is 115 Å². The van der Waals surface area contributed by atoms with E-state index in [1.165, 1.54) is 0 Å². The van der Waals surface area contributed by atoms with Gasteiger partial charge in [0.05, 0.1) is 12.0 Å². The lowest BCUT2D eigenvalue weighted by atomic mass is 10.1. The van der Waals surface area contributed by atoms with Crippen molar-refractivity contribution in [1.82, 2.24) is 5.32 Å². The number of hydrogen-bond acceptors (Lipinski definition) is 2. The van der Waals surface area contributed by atoms with E-state index in [1.54, 1.807) is 25.1 Å². The molecule has 3 nitrogen and oxygen atoms in total. The number of amides is 1. The molecule has 1 aromatic carbocycles. The molecule has 0 aromatic heterocycles. The van der Waals surface area contributed by atoms with Crippen molar-refractivity contribution in [3.63, 3.8) is 0 Å². The fraction of sp³-hybridized carbons (Fsp3) is 0.364. The molecule has 0 radical (unpaired) electrons. The lowest BCUT2D eigenvalue weighted by Gasteiger charge is -2.14. The van der Waals surface area contributed by atoms with Crippen LogP contribution in [0, 0.1) is 0 Å². The molecular formula is C11H12Cl3NO2. The van der Waals surface area contributed by atoms with Crippen LogP contribution in [0.4, 0.5) is 4.79 Å². The molecular weight excluding hydrogens is 284 g/mol. The first-order valence-corrected chi connectivity index (χ1v) is 6.24. The summed E-state index contributed by atoms with van der Waals surface area (Å²) < 4.78 is 4.71. The summed E-state index contributed by atoms with van der Waals surface area (Å²) in [6.45, 7) is 2.23. The van der Waals surface area contributed by atoms with Crippen LogP contribution >= 0.6 is 34.8 Å². The van der Waals surface area contributed by atoms with Gasteiger partial charge in [0.25, 0.3) is 0 Å². The number of carbonyl (C=O) groups excluding carboxylic acids is 1. The van der Waals surface area contributed by atoms with Gasteiger partial charge in [-0.1, -0.05) is 29.3 Å². The number of alkyl halides is 1. The summed E-state index contributed by atoms with van der Waals surface area (Å²) in [5, 5.41) is 2.98. The van der Waals surface area contributed by atoms with Crippen LogP contribution in [0.25, 0.3) is 0 Å². The lowest BCUT2D eigenvalue weighted by Crippen LogP contribution is -2.27. The van der Waals surface area contributed by atoms with Gasteiger partial charge in [-0.3, -0.25) is 0 Å². The predicted octanol–water partition coefficient (Wildman–Crippen LogP) is 4.02. The van der Waals surface area contributed by atoms with Gasteiger partial charge in [-0.2, -0.15) is 0 Å². The van der Waals surface area contributed by atoms with Gasteiger partial charge < -0.3 is 10.1 Å². The van der Waals surface area contributed by atoms with Crippen molar-refractivity contribution in [3.8, 4) is 0 Å². The zero-order valence-electron chi connectivity index (χ0n) is 9.17. The van der Waals surface area contributed by atoms with Crippen LogP contribution in [0.15, 0.2) is 18.2 Å². The summed E-state index contributed by atoms with van der Waals surface area (Å²) in [4.78, 5) is 11.1. The minimum atomic E-state index is -0.513. The minimum Gasteiger partial charge on any atom is -0.450 e. The van der Waals surface area contributed by atoms with E-state index < -0.39 is 11.5 Å². The van der Waals surface area contributed by atoms with Gasteiger partial charge in [0.1, 0.15) is 0 Å². The second-order valence-corrected chi connectivity index (χ2v) is 4.55. The van der Waals surface area contributed by atoms with E-state index in [0.717, 1.165) is 0 Å². The number of rotatable bonds is 4. The zero-order valence-corrected chi connectivity index (χ0v) is 11.4. The Morgan fingerprint density at radius 1 is 1.41 bits per heavy atom. The maximum atomic E-state index is 11.1. The van der Waals surface area contributed by atoms with E-state index in [4.69, 9.17) is 39.5 Å². The van der Waals surface area contributed by atoms with Gasteiger partial charge in [0, 0.05) is 22.2 Å². The van der Waals surface area contributed by atoms with Crippen LogP contribution in [0.2, 0.25) is 10.0 Å². The molecule has 0 aliphatic heterocycles. The summed E-state index contributed by atoms with van der Waals surface area (Å²) in [6, 6.07) is 5.13. The third kappa shape index (κ3) is 4.26. The lowest BCUT2D eigenvalue weighted by molar-refractivity contribution is 0.152. The van der Waals surface area contributed by atoms with E-state index in [9.17, 15) is 4.79 Å². The number of alkyl carbamates (subject to hydrolysis) is 1. The van der Waals surface area contributed by atoms with E-state index in [-0.39, 0.29) is 6.54 Å². The molecule has 1 aromatic rings. The second kappa shape index (κ2) is 6.94. The number of carbonyl (C=O) groups is 1. The van der Waals surface area contributed by atoms with Crippen molar-refractivity contribution in [2.24, 2.45) is 0 Å². The third-order valence-corrected chi connectivity index (χ3v) is 3.05. The number of halogens is 3. The Hall–Kier alpha value is -0.640. The predicted molar refractivity (Wildman–Crippen MR) is 70.1 cm³/mol. The van der Waals surface area contributed by atoms with Gasteiger partial charge in [-0.05, 0) is 19.1 Å². The molecule has 1 N–H and O–H groups in total. The minimum absolute atomic E-state index is 0.198. The molecule has 1 unspecified atom stereocenters. The fourth-order valence-electron chi connectivity index (χ4n) is 1.27. The van der Waals surface area contributed by atoms with Crippen molar-refractivity contribution in [2.75, 3.05) is 13.2 Å². The molecule has 0 spiro atoms. The van der Waals surface area contributed by atoms with Crippen molar-refractivity contribution in [2.45, 2.75) is 12.3 Å². The van der Waals surface area contributed by atoms with Gasteiger partial charge >= 0.3 is 6.09 Å². The summed E-state index contributed by atoms with van der Waals surface area (Å²) in [6.07, 6.45) is -0.513. The van der Waals surface area contributed by atoms with E-state index in [0.29, 0.717) is 22.2 Å². The molecule has 0 bridgehead atoms. The van der Waals surface area contributed by atoms with Gasteiger partial charge in [-0.15, -0.1) is 11.6 Å². The van der Waals surface area contributed by atoms with Crippen LogP contribution in [-0.2, 0) is 4.74 Å². The van der Waals surface area contributed by atoms with Gasteiger partial charge in [0.2, 0.25) is 0 Å². The maximum absolute atomic E-state index is 11.1. The topological polar surface area (TPSA) is 38.3 Å². The Balaban J connectivity index is 2.64. The van der Waals surface area contributed by atoms with Crippen molar-refractivity contribution in [3.05, 3.63) is 33.8 Å². The molecule has 1 atom stereocenters. The molecule has 1 rings (SSSR count). The van der Waals surface area contributed by atoms with E-state index in [2.05, 4.69) is 5.32 Å². The molecule has 17 heavy (non-hydrogen) atoms. The average molecular weight is 297 g/mol. The van der Waals surface area contributed by atoms with Crippen LogP contribution in [0.5, 0.6) is 0 Å². The summed E-state index contributed by atoms with van der Waals surface area (Å²) in [5.41, 5.74) is 0.606. The van der Waals surface area contributed by atoms with Crippen molar-refractivity contribution in [1.29, 1.82) is 0 Å². The summed E-state index contributed by atoms with van der Waals surface area (Å²) >= 11 is 18.1. The highest BCUT2D eigenvalue weighted by Gasteiger charge is 2.16. The third-order valence-electron chi connectivity index (χ3n) is 2.01. The average Bonchev–Trinajstić information content (AvgIpc) is 2.26. The molecule has 0 saturated heterocycles. The maximum Gasteiger partial charge on any atom is 0.407 e. The number of benzene rings is 1. The number of ether oxygens (including phenoxy) is 1. The normalized spacial score (nSPS) is 12.0. The fourth-order valence-corrected chi connectivity index (χ4v) is 2.35. The van der Waals surface area contributed by atoms with Crippen LogP contribution in [0.3, 0.4) is 0 Å². The molecule has 0 heterocycles. The highest BCUT2D eigenvalue weighted by Crippen LogP contribution is 2.33. The molecule has 0 aliphatic rings. The van der Waals surface area contributed by atoms with Crippen LogP contribution < -0.4 is 5.32 Å². The monoisotopic (exact) mass is 295 g/mol. The Kier molecular flexibility index (Phi) is 5.89. The first-order valence-electron chi connectivity index (χ1n) is 5.04. The Morgan fingerprint density at radius 3 is 2.53 bits per heavy atom. The number of hydrogen-bond donors (Lipinski definition) is 1. The standard InChI is InChI=1S/C11H12Cl3NO2/c1-2-17-11(16)15-6-9(14)10-7(12)4-3-5-8(10)13/h3-5,9H,2,6H2,1H3,(H,15,16). The van der Waals surface area contributed by atoms with Gasteiger partial charge in [-0.25, -0.2) is 4.79 Å². The highest BCUT2D eigenvalue weighted by atomic mass is 35.5. The number of nitrogens with one attached hydrogen (secondary N) is 1. The Morgan fingerprint density at radius 2 is 2.00 bits per heavy atom. The zero-order chi connectivity index (χ0) is 12.8. The quantitative estimate of drug-likeness (QED) is 0.852. The van der Waals surface area contributed by atoms with Gasteiger partial charge in [0.15, 0.2) is 0 Å². The molecule has 0 saturated carbocycles.